The smallest absolute Gasteiger partial charge is 0.319 e. The van der Waals surface area contributed by atoms with Crippen molar-refractivity contribution in [2.45, 2.75) is 19.6 Å². The van der Waals surface area contributed by atoms with E-state index in [9.17, 15) is 4.79 Å². The van der Waals surface area contributed by atoms with Gasteiger partial charge >= 0.3 is 6.03 Å². The van der Waals surface area contributed by atoms with Gasteiger partial charge in [0.2, 0.25) is 0 Å². The van der Waals surface area contributed by atoms with Gasteiger partial charge in [0.1, 0.15) is 0 Å². The monoisotopic (exact) mass is 329 g/mol. The number of pyridine rings is 1. The second kappa shape index (κ2) is 9.64. The minimum absolute atomic E-state index is 0.174. The lowest BCUT2D eigenvalue weighted by molar-refractivity contribution is 0.0617. The average Bonchev–Trinajstić information content (AvgIpc) is 2.60. The summed E-state index contributed by atoms with van der Waals surface area (Å²) in [5.41, 5.74) is 2.52. The van der Waals surface area contributed by atoms with Gasteiger partial charge in [-0.25, -0.2) is 4.79 Å². The molecule has 1 aromatic heterocycles. The highest BCUT2D eigenvalue weighted by atomic mass is 16.5. The fourth-order valence-electron chi connectivity index (χ4n) is 2.14. The van der Waals surface area contributed by atoms with Crippen molar-refractivity contribution in [3.05, 3.63) is 59.9 Å². The van der Waals surface area contributed by atoms with E-state index < -0.39 is 0 Å². The van der Waals surface area contributed by atoms with Crippen LogP contribution in [-0.4, -0.2) is 31.3 Å². The Labute approximate surface area is 142 Å². The van der Waals surface area contributed by atoms with Crippen LogP contribution in [0, 0.1) is 0 Å². The average molecular weight is 329 g/mol. The maximum atomic E-state index is 12.1. The Balaban J connectivity index is 1.85. The lowest BCUT2D eigenvalue weighted by Crippen LogP contribution is -2.31. The molecule has 6 heteroatoms. The summed E-state index contributed by atoms with van der Waals surface area (Å²) in [4.78, 5) is 16.3. The van der Waals surface area contributed by atoms with Crippen LogP contribution in [0.25, 0.3) is 0 Å². The number of carbonyl (C=O) groups is 1. The lowest BCUT2D eigenvalue weighted by Gasteiger charge is -2.14. The predicted octanol–water partition coefficient (Wildman–Crippen LogP) is 3.13. The number of ether oxygens (including phenoxy) is 2. The van der Waals surface area contributed by atoms with Crippen molar-refractivity contribution in [1.29, 1.82) is 0 Å². The molecule has 1 atom stereocenters. The third-order valence-corrected chi connectivity index (χ3v) is 3.36. The summed E-state index contributed by atoms with van der Waals surface area (Å²) in [6.45, 7) is 3.47. The van der Waals surface area contributed by atoms with E-state index in [4.69, 9.17) is 9.47 Å². The molecule has 0 fully saturated rings. The number of nitrogens with one attached hydrogen (secondary N) is 2. The number of hydrogen-bond acceptors (Lipinski definition) is 4. The van der Waals surface area contributed by atoms with Gasteiger partial charge in [0.25, 0.3) is 0 Å². The van der Waals surface area contributed by atoms with Gasteiger partial charge in [-0.1, -0.05) is 18.2 Å². The lowest BCUT2D eigenvalue weighted by atomic mass is 10.2. The molecule has 2 amide bonds. The van der Waals surface area contributed by atoms with Crippen molar-refractivity contribution in [1.82, 2.24) is 10.3 Å². The number of urea groups is 1. The first-order valence-electron chi connectivity index (χ1n) is 7.83. The molecule has 1 heterocycles. The van der Waals surface area contributed by atoms with E-state index in [1.54, 1.807) is 13.3 Å². The minimum Gasteiger partial charge on any atom is -0.382 e. The van der Waals surface area contributed by atoms with Crippen LogP contribution in [0.15, 0.2) is 48.7 Å². The van der Waals surface area contributed by atoms with Gasteiger partial charge in [0.05, 0.1) is 31.6 Å². The molecule has 0 saturated heterocycles. The number of amides is 2. The van der Waals surface area contributed by atoms with Crippen molar-refractivity contribution in [2.24, 2.45) is 0 Å². The summed E-state index contributed by atoms with van der Waals surface area (Å²) in [7, 11) is 1.64. The Morgan fingerprint density at radius 3 is 2.83 bits per heavy atom. The predicted molar refractivity (Wildman–Crippen MR) is 92.8 cm³/mol. The largest absolute Gasteiger partial charge is 0.382 e. The number of rotatable bonds is 8. The number of methoxy groups -OCH3 is 1. The molecular formula is C18H23N3O3. The van der Waals surface area contributed by atoms with Gasteiger partial charge in [-0.05, 0) is 36.8 Å². The molecule has 2 rings (SSSR count). The van der Waals surface area contributed by atoms with E-state index in [1.165, 1.54) is 0 Å². The number of anilines is 1. The molecule has 0 radical (unpaired) electrons. The van der Waals surface area contributed by atoms with E-state index >= 15 is 0 Å². The van der Waals surface area contributed by atoms with Crippen LogP contribution in [0.2, 0.25) is 0 Å². The molecule has 0 spiro atoms. The third kappa shape index (κ3) is 5.98. The normalized spacial score (nSPS) is 11.8. The topological polar surface area (TPSA) is 72.5 Å². The highest BCUT2D eigenvalue weighted by molar-refractivity contribution is 5.89. The molecule has 2 N–H and O–H groups in total. The minimum atomic E-state index is -0.273. The van der Waals surface area contributed by atoms with E-state index in [0.717, 1.165) is 11.3 Å². The van der Waals surface area contributed by atoms with Crippen molar-refractivity contribution in [2.75, 3.05) is 25.6 Å². The van der Waals surface area contributed by atoms with Gasteiger partial charge < -0.3 is 20.1 Å². The Kier molecular flexibility index (Phi) is 7.20. The molecule has 6 nitrogen and oxygen atoms in total. The Bertz CT molecular complexity index is 634. The third-order valence-electron chi connectivity index (χ3n) is 3.36. The molecule has 0 aliphatic heterocycles. The second-order valence-electron chi connectivity index (χ2n) is 5.32. The molecule has 1 aromatic carbocycles. The second-order valence-corrected chi connectivity index (χ2v) is 5.32. The van der Waals surface area contributed by atoms with Crippen LogP contribution in [-0.2, 0) is 16.1 Å². The maximum Gasteiger partial charge on any atom is 0.319 e. The molecule has 0 aliphatic rings. The molecule has 0 saturated carbocycles. The van der Waals surface area contributed by atoms with Crippen LogP contribution in [0.5, 0.6) is 0 Å². The van der Waals surface area contributed by atoms with Crippen molar-refractivity contribution in [3.8, 4) is 0 Å². The van der Waals surface area contributed by atoms with Gasteiger partial charge in [0, 0.05) is 19.0 Å². The number of aromatic nitrogens is 1. The van der Waals surface area contributed by atoms with Gasteiger partial charge in [-0.3, -0.25) is 4.98 Å². The first-order valence-corrected chi connectivity index (χ1v) is 7.83. The zero-order chi connectivity index (χ0) is 17.2. The van der Waals surface area contributed by atoms with Gasteiger partial charge in [-0.2, -0.15) is 0 Å². The molecule has 0 unspecified atom stereocenters. The van der Waals surface area contributed by atoms with Crippen LogP contribution < -0.4 is 10.6 Å². The zero-order valence-corrected chi connectivity index (χ0v) is 14.0. The van der Waals surface area contributed by atoms with E-state index in [2.05, 4.69) is 15.6 Å². The molecule has 2 aromatic rings. The molecule has 0 bridgehead atoms. The summed E-state index contributed by atoms with van der Waals surface area (Å²) >= 11 is 0. The van der Waals surface area contributed by atoms with Gasteiger partial charge in [-0.15, -0.1) is 0 Å². The maximum absolute atomic E-state index is 12.1. The highest BCUT2D eigenvalue weighted by Crippen LogP contribution is 2.13. The van der Waals surface area contributed by atoms with Crippen LogP contribution in [0.1, 0.15) is 24.2 Å². The number of hydrogen-bond donors (Lipinski definition) is 2. The van der Waals surface area contributed by atoms with E-state index in [0.29, 0.717) is 25.5 Å². The number of benzene rings is 1. The van der Waals surface area contributed by atoms with Gasteiger partial charge in [0.15, 0.2) is 0 Å². The first-order chi connectivity index (χ1) is 11.7. The standard InChI is InChI=1S/C18H23N3O3/c1-14(17-8-3-4-9-19-17)20-18(22)21-16-7-5-6-15(12-16)13-24-11-10-23-2/h3-9,12,14H,10-11,13H2,1-2H3,(H2,20,21,22)/t14-/m1/s1. The van der Waals surface area contributed by atoms with Crippen LogP contribution >= 0.6 is 0 Å². The number of carbonyl (C=O) groups excluding carboxylic acids is 1. The Morgan fingerprint density at radius 2 is 2.08 bits per heavy atom. The highest BCUT2D eigenvalue weighted by Gasteiger charge is 2.10. The van der Waals surface area contributed by atoms with E-state index in [-0.39, 0.29) is 12.1 Å². The fourth-order valence-corrected chi connectivity index (χ4v) is 2.14. The summed E-state index contributed by atoms with van der Waals surface area (Å²) < 4.78 is 10.4. The van der Waals surface area contributed by atoms with Crippen molar-refractivity contribution in [3.63, 3.8) is 0 Å². The molecule has 0 aliphatic carbocycles. The van der Waals surface area contributed by atoms with Crippen LogP contribution in [0.4, 0.5) is 10.5 Å². The van der Waals surface area contributed by atoms with Crippen molar-refractivity contribution < 1.29 is 14.3 Å². The Hall–Kier alpha value is -2.44. The molecule has 24 heavy (non-hydrogen) atoms. The van der Waals surface area contributed by atoms with Crippen molar-refractivity contribution >= 4 is 11.7 Å². The fraction of sp³-hybridized carbons (Fsp3) is 0.333. The summed E-state index contributed by atoms with van der Waals surface area (Å²) in [6, 6.07) is 12.7. The number of nitrogens with zero attached hydrogens (tertiary/aromatic N) is 1. The summed E-state index contributed by atoms with van der Waals surface area (Å²) in [5, 5.41) is 5.69. The zero-order valence-electron chi connectivity index (χ0n) is 14.0. The van der Waals surface area contributed by atoms with E-state index in [1.807, 2.05) is 49.4 Å². The summed E-state index contributed by atoms with van der Waals surface area (Å²) in [6.07, 6.45) is 1.71. The summed E-state index contributed by atoms with van der Waals surface area (Å²) in [5.74, 6) is 0. The first kappa shape index (κ1) is 17.9. The SMILES string of the molecule is COCCOCc1cccc(NC(=O)N[C@H](C)c2ccccn2)c1. The molecular weight excluding hydrogens is 306 g/mol. The van der Waals surface area contributed by atoms with Crippen LogP contribution in [0.3, 0.4) is 0 Å². The molecule has 128 valence electrons. The Morgan fingerprint density at radius 1 is 1.21 bits per heavy atom. The quantitative estimate of drug-likeness (QED) is 0.730.